The number of nitrogens with zero attached hydrogens (tertiary/aromatic N) is 2. The minimum absolute atomic E-state index is 0.0319. The molecule has 1 N–H and O–H groups in total. The summed E-state index contributed by atoms with van der Waals surface area (Å²) in [5, 5.41) is 18.2. The predicted molar refractivity (Wildman–Crippen MR) is 112 cm³/mol. The zero-order chi connectivity index (χ0) is 21.7. The van der Waals surface area contributed by atoms with E-state index in [1.165, 1.54) is 27.4 Å². The summed E-state index contributed by atoms with van der Waals surface area (Å²) in [5.74, 6) is 0.319. The lowest BCUT2D eigenvalue weighted by Gasteiger charge is -2.13. The van der Waals surface area contributed by atoms with Crippen molar-refractivity contribution in [2.24, 2.45) is 0 Å². The van der Waals surface area contributed by atoms with Crippen LogP contribution in [-0.2, 0) is 4.79 Å². The van der Waals surface area contributed by atoms with Crippen molar-refractivity contribution in [3.63, 3.8) is 0 Å². The quantitative estimate of drug-likeness (QED) is 0.390. The van der Waals surface area contributed by atoms with Gasteiger partial charge in [-0.1, -0.05) is 11.6 Å². The molecule has 0 radical (unpaired) electrons. The third kappa shape index (κ3) is 4.87. The van der Waals surface area contributed by atoms with E-state index in [1.54, 1.807) is 36.4 Å². The highest BCUT2D eigenvalue weighted by Crippen LogP contribution is 2.39. The van der Waals surface area contributed by atoms with Crippen LogP contribution >= 0.6 is 23.4 Å². The number of rotatable bonds is 8. The number of ether oxygens (including phenoxy) is 3. The van der Waals surface area contributed by atoms with Gasteiger partial charge < -0.3 is 23.7 Å². The van der Waals surface area contributed by atoms with Crippen LogP contribution in [0.2, 0.25) is 5.02 Å². The summed E-state index contributed by atoms with van der Waals surface area (Å²) in [6.07, 6.45) is 1.45. The second kappa shape index (κ2) is 9.55. The first-order valence-corrected chi connectivity index (χ1v) is 9.67. The minimum atomic E-state index is -1.15. The van der Waals surface area contributed by atoms with Gasteiger partial charge in [-0.25, -0.2) is 4.79 Å². The van der Waals surface area contributed by atoms with Gasteiger partial charge in [0.1, 0.15) is 4.91 Å². The maximum absolute atomic E-state index is 11.8. The molecule has 30 heavy (non-hydrogen) atoms. The van der Waals surface area contributed by atoms with Gasteiger partial charge >= 0.3 is 5.97 Å². The number of benzene rings is 2. The van der Waals surface area contributed by atoms with E-state index in [1.807, 2.05) is 0 Å². The fourth-order valence-corrected chi connectivity index (χ4v) is 3.32. The number of halogens is 1. The topological polar surface area (TPSA) is 104 Å². The van der Waals surface area contributed by atoms with E-state index in [2.05, 4.69) is 10.2 Å². The van der Waals surface area contributed by atoms with Crippen molar-refractivity contribution in [1.29, 1.82) is 0 Å². The largest absolute Gasteiger partial charge is 0.493 e. The van der Waals surface area contributed by atoms with Gasteiger partial charge in [0.15, 0.2) is 11.5 Å². The summed E-state index contributed by atoms with van der Waals surface area (Å²) in [6, 6.07) is 10.1. The standard InChI is InChI=1S/C20H17ClN2O6S/c1-26-14-8-11(9-15(27-2)17(14)28-3)10-16(19(24)25)30-20-23-22-18(29-20)12-4-6-13(21)7-5-12/h4-10H,1-3H3,(H,24,25)/b16-10-. The lowest BCUT2D eigenvalue weighted by atomic mass is 10.1. The van der Waals surface area contributed by atoms with Crippen LogP contribution in [0.3, 0.4) is 0 Å². The number of aromatic nitrogens is 2. The van der Waals surface area contributed by atoms with Crippen molar-refractivity contribution in [2.45, 2.75) is 5.22 Å². The first kappa shape index (κ1) is 21.5. The number of aliphatic carboxylic acids is 1. The van der Waals surface area contributed by atoms with Gasteiger partial charge in [0.25, 0.3) is 5.22 Å². The van der Waals surface area contributed by atoms with E-state index in [0.29, 0.717) is 33.4 Å². The molecule has 1 heterocycles. The third-order valence-corrected chi connectivity index (χ3v) is 4.99. The molecule has 8 nitrogen and oxygen atoms in total. The highest BCUT2D eigenvalue weighted by atomic mass is 35.5. The average molecular weight is 449 g/mol. The van der Waals surface area contributed by atoms with E-state index >= 15 is 0 Å². The SMILES string of the molecule is COc1cc(/C=C(\Sc2nnc(-c3ccc(Cl)cc3)o2)C(=O)O)cc(OC)c1OC. The van der Waals surface area contributed by atoms with Crippen molar-refractivity contribution >= 4 is 35.4 Å². The van der Waals surface area contributed by atoms with Crippen LogP contribution in [0.1, 0.15) is 5.56 Å². The molecule has 2 aromatic carbocycles. The van der Waals surface area contributed by atoms with E-state index in [4.69, 9.17) is 30.2 Å². The van der Waals surface area contributed by atoms with Crippen LogP contribution < -0.4 is 14.2 Å². The highest BCUT2D eigenvalue weighted by Gasteiger charge is 2.18. The first-order chi connectivity index (χ1) is 14.4. The number of carboxylic acids is 1. The monoisotopic (exact) mass is 448 g/mol. The third-order valence-electron chi connectivity index (χ3n) is 3.89. The molecule has 0 aliphatic carbocycles. The Balaban J connectivity index is 1.91. The Hall–Kier alpha value is -3.17. The summed E-state index contributed by atoms with van der Waals surface area (Å²) in [6.45, 7) is 0. The van der Waals surface area contributed by atoms with Crippen molar-refractivity contribution < 1.29 is 28.5 Å². The molecule has 3 aromatic rings. The summed E-state index contributed by atoms with van der Waals surface area (Å²) in [7, 11) is 4.45. The normalized spacial score (nSPS) is 11.3. The molecule has 156 valence electrons. The zero-order valence-electron chi connectivity index (χ0n) is 16.2. The maximum atomic E-state index is 11.8. The summed E-state index contributed by atoms with van der Waals surface area (Å²) < 4.78 is 21.5. The van der Waals surface area contributed by atoms with Crippen LogP contribution in [0.25, 0.3) is 17.5 Å². The first-order valence-electron chi connectivity index (χ1n) is 8.47. The van der Waals surface area contributed by atoms with Gasteiger partial charge in [0, 0.05) is 10.6 Å². The van der Waals surface area contributed by atoms with Crippen molar-refractivity contribution in [1.82, 2.24) is 10.2 Å². The minimum Gasteiger partial charge on any atom is -0.493 e. The van der Waals surface area contributed by atoms with E-state index in [0.717, 1.165) is 11.8 Å². The number of carbonyl (C=O) groups is 1. The summed E-state index contributed by atoms with van der Waals surface area (Å²) in [5.41, 5.74) is 1.20. The Kier molecular flexibility index (Phi) is 6.86. The molecule has 3 rings (SSSR count). The van der Waals surface area contributed by atoms with Gasteiger partial charge in [-0.3, -0.25) is 0 Å². The molecule has 0 fully saturated rings. The molecule has 0 amide bonds. The van der Waals surface area contributed by atoms with Crippen LogP contribution in [0.15, 0.2) is 50.9 Å². The van der Waals surface area contributed by atoms with Crippen molar-refractivity contribution in [2.75, 3.05) is 21.3 Å². The predicted octanol–water partition coefficient (Wildman–Crippen LogP) is 4.63. The molecule has 0 bridgehead atoms. The molecule has 10 heteroatoms. The molecule has 1 aromatic heterocycles. The second-order valence-corrected chi connectivity index (χ2v) is 7.18. The lowest BCUT2D eigenvalue weighted by molar-refractivity contribution is -0.131. The van der Waals surface area contributed by atoms with Crippen LogP contribution in [-0.4, -0.2) is 42.6 Å². The maximum Gasteiger partial charge on any atom is 0.342 e. The van der Waals surface area contributed by atoms with E-state index in [9.17, 15) is 9.90 Å². The Labute approximate surface area is 181 Å². The molecular weight excluding hydrogens is 432 g/mol. The van der Waals surface area contributed by atoms with Gasteiger partial charge in [-0.05, 0) is 59.8 Å². The molecular formula is C20H17ClN2O6S. The number of carboxylic acid groups (broad SMARTS) is 1. The highest BCUT2D eigenvalue weighted by molar-refractivity contribution is 8.03. The Morgan fingerprint density at radius 3 is 2.23 bits per heavy atom. The van der Waals surface area contributed by atoms with Crippen LogP contribution in [0, 0.1) is 0 Å². The smallest absolute Gasteiger partial charge is 0.342 e. The fraction of sp³-hybridized carbons (Fsp3) is 0.150. The Morgan fingerprint density at radius 2 is 1.70 bits per heavy atom. The number of hydrogen-bond acceptors (Lipinski definition) is 8. The van der Waals surface area contributed by atoms with Gasteiger partial charge in [-0.15, -0.1) is 10.2 Å². The van der Waals surface area contributed by atoms with E-state index in [-0.39, 0.29) is 16.0 Å². The molecule has 0 saturated carbocycles. The van der Waals surface area contributed by atoms with Gasteiger partial charge in [0.2, 0.25) is 11.6 Å². The molecule has 0 unspecified atom stereocenters. The van der Waals surface area contributed by atoms with Crippen LogP contribution in [0.5, 0.6) is 17.2 Å². The van der Waals surface area contributed by atoms with Gasteiger partial charge in [-0.2, -0.15) is 0 Å². The molecule has 0 aliphatic rings. The van der Waals surface area contributed by atoms with E-state index < -0.39 is 5.97 Å². The molecule has 0 aliphatic heterocycles. The summed E-state index contributed by atoms with van der Waals surface area (Å²) in [4.78, 5) is 11.7. The fourth-order valence-electron chi connectivity index (χ4n) is 2.53. The van der Waals surface area contributed by atoms with Gasteiger partial charge in [0.05, 0.1) is 21.3 Å². The Morgan fingerprint density at radius 1 is 1.07 bits per heavy atom. The zero-order valence-corrected chi connectivity index (χ0v) is 17.8. The van der Waals surface area contributed by atoms with Crippen molar-refractivity contribution in [3.05, 3.63) is 51.9 Å². The van der Waals surface area contributed by atoms with Crippen LogP contribution in [0.4, 0.5) is 0 Å². The molecule has 0 atom stereocenters. The number of hydrogen-bond donors (Lipinski definition) is 1. The van der Waals surface area contributed by atoms with Crippen molar-refractivity contribution in [3.8, 4) is 28.7 Å². The number of methoxy groups -OCH3 is 3. The lowest BCUT2D eigenvalue weighted by Crippen LogP contribution is -1.98. The molecule has 0 spiro atoms. The molecule has 0 saturated heterocycles. The summed E-state index contributed by atoms with van der Waals surface area (Å²) >= 11 is 6.71. The second-order valence-electron chi connectivity index (χ2n) is 5.75. The average Bonchev–Trinajstić information content (AvgIpc) is 3.21. The Bertz CT molecular complexity index is 1060. The number of thioether (sulfide) groups is 1.